The molecule has 12 aromatic rings. The number of furan rings is 1. The van der Waals surface area contributed by atoms with Crippen molar-refractivity contribution >= 4 is 97.3 Å². The normalized spacial score (nSPS) is 12.0. The lowest BCUT2D eigenvalue weighted by molar-refractivity contribution is 0.673. The first-order valence-corrected chi connectivity index (χ1v) is 18.7. The van der Waals surface area contributed by atoms with Crippen LogP contribution in [0.1, 0.15) is 5.56 Å². The van der Waals surface area contributed by atoms with Crippen molar-refractivity contribution in [3.63, 3.8) is 0 Å². The predicted octanol–water partition coefficient (Wildman–Crippen LogP) is 14.9. The fourth-order valence-electron chi connectivity index (χ4n) is 9.14. The fourth-order valence-corrected chi connectivity index (χ4v) is 9.14. The van der Waals surface area contributed by atoms with Crippen LogP contribution in [0.2, 0.25) is 0 Å². The topological polar surface area (TPSA) is 36.9 Å². The van der Waals surface area contributed by atoms with Gasteiger partial charge in [-0.25, -0.2) is 0 Å². The molecule has 1 aromatic heterocycles. The summed E-state index contributed by atoms with van der Waals surface area (Å²) in [5.74, 6) is 0. The van der Waals surface area contributed by atoms with E-state index >= 15 is 0 Å². The van der Waals surface area contributed by atoms with Gasteiger partial charge in [-0.1, -0.05) is 121 Å². The van der Waals surface area contributed by atoms with Crippen molar-refractivity contribution in [2.75, 3.05) is 0 Å². The summed E-state index contributed by atoms with van der Waals surface area (Å²) < 4.78 is 6.90. The Morgan fingerprint density at radius 3 is 1.55 bits per heavy atom. The smallest absolute Gasteiger partial charge is 0.143 e. The number of nitrogens with zero attached hydrogens (tertiary/aromatic N) is 1. The second kappa shape index (κ2) is 11.3. The molecule has 0 unspecified atom stereocenters. The van der Waals surface area contributed by atoms with Gasteiger partial charge in [0.25, 0.3) is 0 Å². The summed E-state index contributed by atoms with van der Waals surface area (Å²) in [7, 11) is 0. The van der Waals surface area contributed by atoms with Crippen LogP contribution < -0.4 is 0 Å². The maximum atomic E-state index is 9.41. The minimum atomic E-state index is 0.669. The third-order valence-electron chi connectivity index (χ3n) is 11.8. The van der Waals surface area contributed by atoms with Crippen LogP contribution in [-0.4, -0.2) is 0 Å². The van der Waals surface area contributed by atoms with Crippen LogP contribution >= 0.6 is 0 Å². The van der Waals surface area contributed by atoms with E-state index in [-0.39, 0.29) is 0 Å². The first kappa shape index (κ1) is 30.0. The quantitative estimate of drug-likeness (QED) is 0.133. The van der Waals surface area contributed by atoms with E-state index in [1.54, 1.807) is 0 Å². The molecule has 0 aliphatic heterocycles. The Morgan fingerprint density at radius 1 is 0.327 bits per heavy atom. The highest BCUT2D eigenvalue weighted by Gasteiger charge is 2.19. The molecule has 0 amide bonds. The average molecular weight is 696 g/mol. The van der Waals surface area contributed by atoms with Crippen molar-refractivity contribution in [2.45, 2.75) is 0 Å². The summed E-state index contributed by atoms with van der Waals surface area (Å²) in [5, 5.41) is 28.7. The van der Waals surface area contributed by atoms with Gasteiger partial charge in [0, 0.05) is 16.2 Å². The molecular formula is C53H29NO. The lowest BCUT2D eigenvalue weighted by Crippen LogP contribution is -1.86. The van der Waals surface area contributed by atoms with Crippen LogP contribution in [0.15, 0.2) is 180 Å². The van der Waals surface area contributed by atoms with Gasteiger partial charge < -0.3 is 4.42 Å². The van der Waals surface area contributed by atoms with E-state index in [1.807, 2.05) is 18.2 Å². The van der Waals surface area contributed by atoms with Crippen molar-refractivity contribution in [2.24, 2.45) is 0 Å². The van der Waals surface area contributed by atoms with Crippen molar-refractivity contribution in [1.82, 2.24) is 0 Å². The van der Waals surface area contributed by atoms with E-state index in [1.165, 1.54) is 86.5 Å². The molecular weight excluding hydrogens is 667 g/mol. The Morgan fingerprint density at radius 2 is 0.836 bits per heavy atom. The monoisotopic (exact) mass is 695 g/mol. The second-order valence-electron chi connectivity index (χ2n) is 14.8. The van der Waals surface area contributed by atoms with Gasteiger partial charge in [-0.15, -0.1) is 0 Å². The lowest BCUT2D eigenvalue weighted by atomic mass is 9.90. The zero-order valence-electron chi connectivity index (χ0n) is 29.6. The standard InChI is InChI=1S/C53H29NO/c54-30-31-8-7-11-32(22-31)35-16-17-37-24-38(19-18-36(37)23-35)39-20-21-43-45(26-39)40-12-3-4-13-41(40)48-29-51-50(28-47(43)48)52-49-27-34-10-2-1-9-33(34)25-46(49)42-14-5-6-15-44(42)53(52)55-51/h1-29H. The summed E-state index contributed by atoms with van der Waals surface area (Å²) in [6, 6.07) is 65.7. The molecule has 0 atom stereocenters. The first-order chi connectivity index (χ1) is 27.2. The van der Waals surface area contributed by atoms with Crippen LogP contribution in [0.25, 0.3) is 120 Å². The predicted molar refractivity (Wildman–Crippen MR) is 232 cm³/mol. The zero-order chi connectivity index (χ0) is 36.2. The van der Waals surface area contributed by atoms with Gasteiger partial charge in [0.2, 0.25) is 0 Å². The van der Waals surface area contributed by atoms with Crippen LogP contribution in [0.3, 0.4) is 0 Å². The van der Waals surface area contributed by atoms with Gasteiger partial charge >= 0.3 is 0 Å². The molecule has 2 heteroatoms. The number of fused-ring (bicyclic) bond motifs is 16. The highest BCUT2D eigenvalue weighted by Crippen LogP contribution is 2.46. The van der Waals surface area contributed by atoms with Crippen molar-refractivity contribution in [3.8, 4) is 28.3 Å². The van der Waals surface area contributed by atoms with Crippen molar-refractivity contribution in [1.29, 1.82) is 5.26 Å². The molecule has 0 aliphatic rings. The summed E-state index contributed by atoms with van der Waals surface area (Å²) in [6.45, 7) is 0. The molecule has 1 heterocycles. The molecule has 252 valence electrons. The van der Waals surface area contributed by atoms with E-state index in [0.29, 0.717) is 5.56 Å². The molecule has 0 spiro atoms. The van der Waals surface area contributed by atoms with Crippen LogP contribution in [0.5, 0.6) is 0 Å². The average Bonchev–Trinajstić information content (AvgIpc) is 3.64. The molecule has 0 saturated heterocycles. The van der Waals surface area contributed by atoms with E-state index in [4.69, 9.17) is 4.42 Å². The van der Waals surface area contributed by atoms with Gasteiger partial charge in [0.15, 0.2) is 0 Å². The minimum absolute atomic E-state index is 0.669. The lowest BCUT2D eigenvalue weighted by Gasteiger charge is -2.13. The van der Waals surface area contributed by atoms with E-state index in [0.717, 1.165) is 33.1 Å². The van der Waals surface area contributed by atoms with Gasteiger partial charge in [-0.05, 0) is 147 Å². The molecule has 0 aliphatic carbocycles. The SMILES string of the molecule is N#Cc1cccc(-c2ccc3cc(-c4ccc5c(c4)c4ccccc4c4cc6oc7c8ccccc8c8cc9ccccc9cc8c7c6cc54)ccc3c2)c1. The van der Waals surface area contributed by atoms with E-state index in [2.05, 4.69) is 164 Å². The summed E-state index contributed by atoms with van der Waals surface area (Å²) in [6.07, 6.45) is 0. The second-order valence-corrected chi connectivity index (χ2v) is 14.8. The Balaban J connectivity index is 1.09. The molecule has 0 bridgehead atoms. The molecule has 11 aromatic carbocycles. The molecule has 0 radical (unpaired) electrons. The maximum absolute atomic E-state index is 9.41. The van der Waals surface area contributed by atoms with Crippen molar-refractivity contribution in [3.05, 3.63) is 181 Å². The van der Waals surface area contributed by atoms with E-state index < -0.39 is 0 Å². The van der Waals surface area contributed by atoms with Crippen molar-refractivity contribution < 1.29 is 4.42 Å². The number of hydrogen-bond donors (Lipinski definition) is 0. The molecule has 55 heavy (non-hydrogen) atoms. The Labute approximate surface area is 315 Å². The molecule has 0 fully saturated rings. The summed E-state index contributed by atoms with van der Waals surface area (Å²) >= 11 is 0. The highest BCUT2D eigenvalue weighted by molar-refractivity contribution is 6.34. The van der Waals surface area contributed by atoms with E-state index in [9.17, 15) is 5.26 Å². The summed E-state index contributed by atoms with van der Waals surface area (Å²) in [4.78, 5) is 0. The largest absolute Gasteiger partial charge is 0.455 e. The molecule has 2 nitrogen and oxygen atoms in total. The third kappa shape index (κ3) is 4.42. The van der Waals surface area contributed by atoms with Gasteiger partial charge in [-0.3, -0.25) is 0 Å². The molecule has 0 N–H and O–H groups in total. The van der Waals surface area contributed by atoms with Crippen LogP contribution in [0.4, 0.5) is 0 Å². The van der Waals surface area contributed by atoms with Gasteiger partial charge in [-0.2, -0.15) is 5.26 Å². The first-order valence-electron chi connectivity index (χ1n) is 18.7. The number of benzene rings is 11. The molecule has 0 saturated carbocycles. The summed E-state index contributed by atoms with van der Waals surface area (Å²) in [5.41, 5.74) is 7.04. The maximum Gasteiger partial charge on any atom is 0.143 e. The molecule has 12 rings (SSSR count). The van der Waals surface area contributed by atoms with Crippen LogP contribution in [-0.2, 0) is 0 Å². The van der Waals surface area contributed by atoms with Gasteiger partial charge in [0.05, 0.1) is 11.6 Å². The Hall–Kier alpha value is -7.47. The zero-order valence-corrected chi connectivity index (χ0v) is 29.6. The van der Waals surface area contributed by atoms with Crippen LogP contribution in [0, 0.1) is 11.3 Å². The fraction of sp³-hybridized carbons (Fsp3) is 0. The highest BCUT2D eigenvalue weighted by atomic mass is 16.3. The number of nitriles is 1. The third-order valence-corrected chi connectivity index (χ3v) is 11.8. The number of hydrogen-bond acceptors (Lipinski definition) is 2. The minimum Gasteiger partial charge on any atom is -0.455 e. The van der Waals surface area contributed by atoms with Gasteiger partial charge in [0.1, 0.15) is 11.2 Å². The number of rotatable bonds is 2. The Bertz CT molecular complexity index is 3670. The Kier molecular flexibility index (Phi) is 6.15.